The van der Waals surface area contributed by atoms with Crippen molar-refractivity contribution >= 4 is 11.7 Å². The van der Waals surface area contributed by atoms with Gasteiger partial charge in [-0.2, -0.15) is 8.78 Å². The molecule has 0 aromatic heterocycles. The first-order valence-corrected chi connectivity index (χ1v) is 4.81. The van der Waals surface area contributed by atoms with Crippen molar-refractivity contribution in [2.45, 2.75) is 19.8 Å². The lowest BCUT2D eigenvalue weighted by Gasteiger charge is -2.18. The summed E-state index contributed by atoms with van der Waals surface area (Å²) in [6.45, 7) is 2.84. The molecule has 0 radical (unpaired) electrons. The monoisotopic (exact) mass is 229 g/mol. The predicted molar refractivity (Wildman–Crippen MR) is 56.1 cm³/mol. The van der Waals surface area contributed by atoms with Gasteiger partial charge in [0.15, 0.2) is 0 Å². The first kappa shape index (κ1) is 12.4. The molecule has 0 atom stereocenters. The van der Waals surface area contributed by atoms with Crippen molar-refractivity contribution in [3.05, 3.63) is 29.3 Å². The van der Waals surface area contributed by atoms with Crippen molar-refractivity contribution in [1.29, 1.82) is 0 Å². The summed E-state index contributed by atoms with van der Waals surface area (Å²) in [4.78, 5) is 11.1. The topological polar surface area (TPSA) is 52.3 Å². The zero-order valence-electron chi connectivity index (χ0n) is 9.09. The number of anilines is 1. The van der Waals surface area contributed by atoms with Gasteiger partial charge in [0.05, 0.1) is 12.2 Å². The van der Waals surface area contributed by atoms with Gasteiger partial charge >= 0.3 is 11.9 Å². The van der Waals surface area contributed by atoms with Gasteiger partial charge in [0.2, 0.25) is 0 Å². The quantitative estimate of drug-likeness (QED) is 0.638. The number of halogens is 2. The van der Waals surface area contributed by atoms with Crippen LogP contribution in [-0.2, 0) is 15.5 Å². The highest BCUT2D eigenvalue weighted by Crippen LogP contribution is 2.35. The Morgan fingerprint density at radius 3 is 2.62 bits per heavy atom. The molecule has 0 saturated heterocycles. The van der Waals surface area contributed by atoms with E-state index in [1.807, 2.05) is 0 Å². The van der Waals surface area contributed by atoms with Crippen LogP contribution in [0.25, 0.3) is 0 Å². The van der Waals surface area contributed by atoms with E-state index < -0.39 is 17.5 Å². The molecule has 0 heterocycles. The minimum atomic E-state index is -3.70. The van der Waals surface area contributed by atoms with E-state index in [4.69, 9.17) is 5.73 Å². The highest BCUT2D eigenvalue weighted by atomic mass is 19.3. The number of rotatable bonds is 3. The van der Waals surface area contributed by atoms with Crippen LogP contribution >= 0.6 is 0 Å². The molecule has 2 N–H and O–H groups in total. The Balaban J connectivity index is 3.21. The van der Waals surface area contributed by atoms with Crippen LogP contribution in [0.4, 0.5) is 14.5 Å². The number of hydrogen-bond acceptors (Lipinski definition) is 3. The third-order valence-electron chi connectivity index (χ3n) is 2.15. The van der Waals surface area contributed by atoms with Crippen molar-refractivity contribution in [3.8, 4) is 0 Å². The normalized spacial score (nSPS) is 11.2. The van der Waals surface area contributed by atoms with Gasteiger partial charge in [0, 0.05) is 5.69 Å². The number of nitrogens with two attached hydrogens (primary N) is 1. The number of benzene rings is 1. The molecule has 1 aromatic rings. The number of esters is 1. The van der Waals surface area contributed by atoms with Crippen LogP contribution in [0.3, 0.4) is 0 Å². The number of carbonyl (C=O) groups excluding carboxylic acids is 1. The van der Waals surface area contributed by atoms with Crippen LogP contribution < -0.4 is 5.73 Å². The molecule has 1 aromatic carbocycles. The summed E-state index contributed by atoms with van der Waals surface area (Å²) in [5, 5.41) is 0. The van der Waals surface area contributed by atoms with Crippen molar-refractivity contribution in [2.75, 3.05) is 12.3 Å². The second-order valence-electron chi connectivity index (χ2n) is 3.33. The minimum Gasteiger partial charge on any atom is -0.461 e. The van der Waals surface area contributed by atoms with E-state index in [2.05, 4.69) is 4.74 Å². The molecule has 0 spiro atoms. The summed E-state index contributed by atoms with van der Waals surface area (Å²) in [5.41, 5.74) is 5.12. The predicted octanol–water partition coefficient (Wildman–Crippen LogP) is 2.23. The second kappa shape index (κ2) is 4.47. The largest absolute Gasteiger partial charge is 0.461 e. The number of carbonyl (C=O) groups is 1. The van der Waals surface area contributed by atoms with Crippen LogP contribution in [0, 0.1) is 6.92 Å². The summed E-state index contributed by atoms with van der Waals surface area (Å²) >= 11 is 0. The van der Waals surface area contributed by atoms with E-state index >= 15 is 0 Å². The molecule has 1 rings (SSSR count). The SMILES string of the molecule is CCOC(=O)C(F)(F)c1c(C)cccc1N. The highest BCUT2D eigenvalue weighted by Gasteiger charge is 2.45. The van der Waals surface area contributed by atoms with Gasteiger partial charge in [-0.05, 0) is 25.5 Å². The fraction of sp³-hybridized carbons (Fsp3) is 0.364. The number of ether oxygens (including phenoxy) is 1. The van der Waals surface area contributed by atoms with E-state index in [9.17, 15) is 13.6 Å². The fourth-order valence-electron chi connectivity index (χ4n) is 1.44. The van der Waals surface area contributed by atoms with E-state index in [-0.39, 0.29) is 17.9 Å². The number of hydrogen-bond donors (Lipinski definition) is 1. The molecule has 5 heteroatoms. The Hall–Kier alpha value is -1.65. The lowest BCUT2D eigenvalue weighted by atomic mass is 10.0. The zero-order valence-corrected chi connectivity index (χ0v) is 9.09. The highest BCUT2D eigenvalue weighted by molar-refractivity contribution is 5.82. The summed E-state index contributed by atoms with van der Waals surface area (Å²) in [6.07, 6.45) is 0. The van der Waals surface area contributed by atoms with Crippen LogP contribution in [0.1, 0.15) is 18.1 Å². The van der Waals surface area contributed by atoms with Gasteiger partial charge in [-0.1, -0.05) is 12.1 Å². The fourth-order valence-corrected chi connectivity index (χ4v) is 1.44. The summed E-state index contributed by atoms with van der Waals surface area (Å²) < 4.78 is 31.7. The maximum atomic E-state index is 13.7. The number of aryl methyl sites for hydroxylation is 1. The van der Waals surface area contributed by atoms with Crippen LogP contribution in [-0.4, -0.2) is 12.6 Å². The summed E-state index contributed by atoms with van der Waals surface area (Å²) in [5.74, 6) is -5.28. The molecular weight excluding hydrogens is 216 g/mol. The minimum absolute atomic E-state index is 0.0970. The first-order valence-electron chi connectivity index (χ1n) is 4.81. The maximum Gasteiger partial charge on any atom is 0.382 e. The molecular formula is C11H13F2NO2. The molecule has 0 saturated carbocycles. The Bertz CT molecular complexity index is 385. The van der Waals surface area contributed by atoms with E-state index in [1.165, 1.54) is 26.0 Å². The Morgan fingerprint density at radius 1 is 1.50 bits per heavy atom. The van der Waals surface area contributed by atoms with Gasteiger partial charge in [0.25, 0.3) is 0 Å². The van der Waals surface area contributed by atoms with Crippen molar-refractivity contribution < 1.29 is 18.3 Å². The smallest absolute Gasteiger partial charge is 0.382 e. The molecule has 0 unspecified atom stereocenters. The molecule has 0 aliphatic carbocycles. The van der Waals surface area contributed by atoms with Gasteiger partial charge in [0.1, 0.15) is 0 Å². The Labute approximate surface area is 92.2 Å². The molecule has 0 bridgehead atoms. The molecule has 0 aliphatic heterocycles. The molecule has 16 heavy (non-hydrogen) atoms. The van der Waals surface area contributed by atoms with Gasteiger partial charge in [-0.25, -0.2) is 4.79 Å². The molecule has 88 valence electrons. The molecule has 3 nitrogen and oxygen atoms in total. The lowest BCUT2D eigenvalue weighted by Crippen LogP contribution is -2.30. The Kier molecular flexibility index (Phi) is 3.47. The van der Waals surface area contributed by atoms with Crippen LogP contribution in [0.2, 0.25) is 0 Å². The second-order valence-corrected chi connectivity index (χ2v) is 3.33. The molecule has 0 aliphatic rings. The molecule has 0 amide bonds. The number of nitrogen functional groups attached to an aromatic ring is 1. The third-order valence-corrected chi connectivity index (χ3v) is 2.15. The Morgan fingerprint density at radius 2 is 2.12 bits per heavy atom. The average Bonchev–Trinajstić information content (AvgIpc) is 2.17. The van der Waals surface area contributed by atoms with Crippen molar-refractivity contribution in [1.82, 2.24) is 0 Å². The van der Waals surface area contributed by atoms with E-state index in [1.54, 1.807) is 6.07 Å². The van der Waals surface area contributed by atoms with Crippen molar-refractivity contribution in [3.63, 3.8) is 0 Å². The average molecular weight is 229 g/mol. The van der Waals surface area contributed by atoms with Crippen molar-refractivity contribution in [2.24, 2.45) is 0 Å². The summed E-state index contributed by atoms with van der Waals surface area (Å²) in [7, 11) is 0. The standard InChI is InChI=1S/C11H13F2NO2/c1-3-16-10(15)11(12,13)9-7(2)5-4-6-8(9)14/h4-6H,3,14H2,1-2H3. The zero-order chi connectivity index (χ0) is 12.3. The first-order chi connectivity index (χ1) is 7.41. The van der Waals surface area contributed by atoms with Crippen LogP contribution in [0.15, 0.2) is 18.2 Å². The van der Waals surface area contributed by atoms with Crippen LogP contribution in [0.5, 0.6) is 0 Å². The van der Waals surface area contributed by atoms with Gasteiger partial charge in [-0.15, -0.1) is 0 Å². The maximum absolute atomic E-state index is 13.7. The number of alkyl halides is 2. The van der Waals surface area contributed by atoms with Gasteiger partial charge < -0.3 is 10.5 Å². The third kappa shape index (κ3) is 2.13. The summed E-state index contributed by atoms with van der Waals surface area (Å²) in [6, 6.07) is 4.35. The van der Waals surface area contributed by atoms with E-state index in [0.29, 0.717) is 0 Å². The van der Waals surface area contributed by atoms with Gasteiger partial charge in [-0.3, -0.25) is 0 Å². The van der Waals surface area contributed by atoms with E-state index in [0.717, 1.165) is 0 Å². The lowest BCUT2D eigenvalue weighted by molar-refractivity contribution is -0.173. The molecule has 0 fully saturated rings.